The van der Waals surface area contributed by atoms with Crippen LogP contribution < -0.4 is 11.1 Å². The number of benzene rings is 1. The van der Waals surface area contributed by atoms with Crippen molar-refractivity contribution in [2.24, 2.45) is 5.73 Å². The average Bonchev–Trinajstić information content (AvgIpc) is 2.42. The Hall–Kier alpha value is -0.840. The van der Waals surface area contributed by atoms with E-state index < -0.39 is 5.54 Å². The van der Waals surface area contributed by atoms with Crippen molar-refractivity contribution in [2.45, 2.75) is 37.6 Å². The molecule has 1 amide bonds. The molecule has 0 aromatic heterocycles. The highest BCUT2D eigenvalue weighted by molar-refractivity contribution is 7.80. The number of rotatable bonds is 3. The summed E-state index contributed by atoms with van der Waals surface area (Å²) < 4.78 is 0. The van der Waals surface area contributed by atoms with Gasteiger partial charge in [-0.2, -0.15) is 0 Å². The Morgan fingerprint density at radius 3 is 2.50 bits per heavy atom. The number of nitrogens with one attached hydrogen (secondary N) is 1. The molecule has 0 bridgehead atoms. The molecule has 1 saturated carbocycles. The van der Waals surface area contributed by atoms with Crippen molar-refractivity contribution < 1.29 is 4.79 Å². The van der Waals surface area contributed by atoms with Gasteiger partial charge in [-0.1, -0.05) is 60.7 Å². The molecule has 0 saturated heterocycles. The van der Waals surface area contributed by atoms with Crippen LogP contribution in [-0.2, 0) is 0 Å². The van der Waals surface area contributed by atoms with Crippen LogP contribution in [0.2, 0.25) is 10.0 Å². The normalized spacial score (nSPS) is 17.5. The summed E-state index contributed by atoms with van der Waals surface area (Å²) in [6, 6.07) is 4.97. The van der Waals surface area contributed by atoms with Crippen molar-refractivity contribution in [3.8, 4) is 0 Å². The van der Waals surface area contributed by atoms with Crippen LogP contribution in [-0.4, -0.2) is 16.4 Å². The Morgan fingerprint density at radius 2 is 1.90 bits per heavy atom. The first kappa shape index (κ1) is 15.5. The predicted molar refractivity (Wildman–Crippen MR) is 86.5 cm³/mol. The number of halogens is 2. The molecule has 20 heavy (non-hydrogen) atoms. The molecule has 1 aromatic rings. The summed E-state index contributed by atoms with van der Waals surface area (Å²) in [5.74, 6) is -0.285. The van der Waals surface area contributed by atoms with Crippen LogP contribution in [0.1, 0.15) is 42.5 Å². The van der Waals surface area contributed by atoms with Crippen molar-refractivity contribution in [3.63, 3.8) is 0 Å². The van der Waals surface area contributed by atoms with Crippen LogP contribution in [0.25, 0.3) is 0 Å². The predicted octanol–water partition coefficient (Wildman–Crippen LogP) is 3.71. The molecule has 1 aromatic carbocycles. The summed E-state index contributed by atoms with van der Waals surface area (Å²) in [7, 11) is 0. The molecule has 3 nitrogen and oxygen atoms in total. The topological polar surface area (TPSA) is 55.1 Å². The maximum atomic E-state index is 12.4. The molecule has 2 rings (SSSR count). The van der Waals surface area contributed by atoms with Gasteiger partial charge >= 0.3 is 0 Å². The summed E-state index contributed by atoms with van der Waals surface area (Å²) >= 11 is 17.2. The molecular weight excluding hydrogens is 315 g/mol. The zero-order valence-electron chi connectivity index (χ0n) is 10.9. The Kier molecular flexibility index (Phi) is 4.89. The summed E-state index contributed by atoms with van der Waals surface area (Å²) in [6.45, 7) is 0. The average molecular weight is 331 g/mol. The lowest BCUT2D eigenvalue weighted by Gasteiger charge is -2.37. The van der Waals surface area contributed by atoms with Gasteiger partial charge in [0.2, 0.25) is 0 Å². The number of hydrogen-bond acceptors (Lipinski definition) is 2. The fraction of sp³-hybridized carbons (Fsp3) is 0.429. The first-order valence-electron chi connectivity index (χ1n) is 6.53. The molecule has 0 heterocycles. The molecule has 0 radical (unpaired) electrons. The van der Waals surface area contributed by atoms with Crippen molar-refractivity contribution in [1.82, 2.24) is 5.32 Å². The Morgan fingerprint density at radius 1 is 1.25 bits per heavy atom. The van der Waals surface area contributed by atoms with Gasteiger partial charge in [0, 0.05) is 0 Å². The minimum absolute atomic E-state index is 0.251. The van der Waals surface area contributed by atoms with E-state index in [9.17, 15) is 4.79 Å². The highest BCUT2D eigenvalue weighted by atomic mass is 35.5. The maximum absolute atomic E-state index is 12.4. The molecule has 3 N–H and O–H groups in total. The summed E-state index contributed by atoms with van der Waals surface area (Å²) in [4.78, 5) is 12.8. The number of carbonyl (C=O) groups excluding carboxylic acids is 1. The number of carbonyl (C=O) groups is 1. The first-order valence-corrected chi connectivity index (χ1v) is 7.69. The molecular formula is C14H16Cl2N2OS. The summed E-state index contributed by atoms with van der Waals surface area (Å²) in [5.41, 5.74) is 5.60. The lowest BCUT2D eigenvalue weighted by Crippen LogP contribution is -2.57. The molecule has 108 valence electrons. The number of thiocarbonyl (C=S) groups is 1. The second-order valence-electron chi connectivity index (χ2n) is 5.06. The Balaban J connectivity index is 2.25. The highest BCUT2D eigenvalue weighted by Gasteiger charge is 2.37. The van der Waals surface area contributed by atoms with E-state index in [0.717, 1.165) is 32.1 Å². The SMILES string of the molecule is NC(=S)C1(NC(=O)c2cccc(Cl)c2Cl)CCCCC1. The third-order valence-electron chi connectivity index (χ3n) is 3.73. The van der Waals surface area contributed by atoms with Gasteiger partial charge in [0.1, 0.15) is 0 Å². The lowest BCUT2D eigenvalue weighted by molar-refractivity contribution is 0.0908. The van der Waals surface area contributed by atoms with E-state index >= 15 is 0 Å². The van der Waals surface area contributed by atoms with E-state index in [0.29, 0.717) is 15.6 Å². The lowest BCUT2D eigenvalue weighted by atomic mass is 9.81. The molecule has 0 spiro atoms. The summed E-state index contributed by atoms with van der Waals surface area (Å²) in [6.07, 6.45) is 4.68. The zero-order chi connectivity index (χ0) is 14.8. The van der Waals surface area contributed by atoms with E-state index in [1.54, 1.807) is 18.2 Å². The van der Waals surface area contributed by atoms with Gasteiger partial charge in [0.05, 0.1) is 26.1 Å². The summed E-state index contributed by atoms with van der Waals surface area (Å²) in [5, 5.41) is 3.57. The van der Waals surface area contributed by atoms with Crippen LogP contribution in [0.4, 0.5) is 0 Å². The van der Waals surface area contributed by atoms with Crippen molar-refractivity contribution >= 4 is 46.3 Å². The van der Waals surface area contributed by atoms with Crippen LogP contribution in [0.5, 0.6) is 0 Å². The van der Waals surface area contributed by atoms with E-state index in [4.69, 9.17) is 41.2 Å². The van der Waals surface area contributed by atoms with Gasteiger partial charge in [-0.3, -0.25) is 4.79 Å². The second kappa shape index (κ2) is 6.29. The third kappa shape index (κ3) is 3.08. The smallest absolute Gasteiger partial charge is 0.253 e. The van der Waals surface area contributed by atoms with Crippen LogP contribution in [0.15, 0.2) is 18.2 Å². The van der Waals surface area contributed by atoms with E-state index in [1.165, 1.54) is 0 Å². The van der Waals surface area contributed by atoms with Gasteiger partial charge in [0.15, 0.2) is 0 Å². The Labute approximate surface area is 133 Å². The number of nitrogens with two attached hydrogens (primary N) is 1. The molecule has 0 unspecified atom stereocenters. The van der Waals surface area contributed by atoms with Crippen molar-refractivity contribution in [1.29, 1.82) is 0 Å². The fourth-order valence-corrected chi connectivity index (χ4v) is 3.19. The minimum Gasteiger partial charge on any atom is -0.391 e. The van der Waals surface area contributed by atoms with Crippen LogP contribution in [0, 0.1) is 0 Å². The van der Waals surface area contributed by atoms with Crippen molar-refractivity contribution in [2.75, 3.05) is 0 Å². The van der Waals surface area contributed by atoms with Crippen LogP contribution in [0.3, 0.4) is 0 Å². The van der Waals surface area contributed by atoms with Gasteiger partial charge in [-0.15, -0.1) is 0 Å². The third-order valence-corrected chi connectivity index (χ3v) is 4.94. The molecule has 0 atom stereocenters. The number of amides is 1. The van der Waals surface area contributed by atoms with Crippen LogP contribution >= 0.6 is 35.4 Å². The standard InChI is InChI=1S/C14H16Cl2N2OS/c15-10-6-4-5-9(11(10)16)12(19)18-14(13(17)20)7-2-1-3-8-14/h4-6H,1-3,7-8H2,(H2,17,20)(H,18,19). The minimum atomic E-state index is -0.601. The molecule has 1 fully saturated rings. The van der Waals surface area contributed by atoms with Gasteiger partial charge in [-0.25, -0.2) is 0 Å². The van der Waals surface area contributed by atoms with E-state index in [2.05, 4.69) is 5.32 Å². The molecule has 1 aliphatic rings. The monoisotopic (exact) mass is 330 g/mol. The first-order chi connectivity index (χ1) is 9.46. The van der Waals surface area contributed by atoms with Gasteiger partial charge in [-0.05, 0) is 25.0 Å². The quantitative estimate of drug-likeness (QED) is 0.830. The largest absolute Gasteiger partial charge is 0.391 e. The Bertz CT molecular complexity index is 542. The molecule has 6 heteroatoms. The zero-order valence-corrected chi connectivity index (χ0v) is 13.2. The molecule has 0 aliphatic heterocycles. The highest BCUT2D eigenvalue weighted by Crippen LogP contribution is 2.30. The second-order valence-corrected chi connectivity index (χ2v) is 6.29. The molecule has 1 aliphatic carbocycles. The maximum Gasteiger partial charge on any atom is 0.253 e. The van der Waals surface area contributed by atoms with E-state index in [-0.39, 0.29) is 10.9 Å². The van der Waals surface area contributed by atoms with E-state index in [1.807, 2.05) is 0 Å². The van der Waals surface area contributed by atoms with Crippen molar-refractivity contribution in [3.05, 3.63) is 33.8 Å². The number of hydrogen-bond donors (Lipinski definition) is 2. The fourth-order valence-electron chi connectivity index (χ4n) is 2.55. The van der Waals surface area contributed by atoms with Gasteiger partial charge in [0.25, 0.3) is 5.91 Å². The van der Waals surface area contributed by atoms with Gasteiger partial charge < -0.3 is 11.1 Å².